The first-order chi connectivity index (χ1) is 8.67. The van der Waals surface area contributed by atoms with Crippen LogP contribution in [0.1, 0.15) is 27.2 Å². The monoisotopic (exact) mass is 252 g/mol. The Balaban J connectivity index is 2.48. The van der Waals surface area contributed by atoms with Gasteiger partial charge in [-0.2, -0.15) is 0 Å². The fraction of sp³-hybridized carbons (Fsp3) is 0.600. The Morgan fingerprint density at radius 2 is 1.89 bits per heavy atom. The van der Waals surface area contributed by atoms with E-state index in [1.807, 2.05) is 12.1 Å². The van der Waals surface area contributed by atoms with Crippen molar-refractivity contribution in [2.75, 3.05) is 31.1 Å². The molecule has 1 aromatic carbocycles. The van der Waals surface area contributed by atoms with Gasteiger partial charge in [0.15, 0.2) is 0 Å². The number of nitrogens with zero attached hydrogens (tertiary/aromatic N) is 1. The molecule has 0 aromatic heterocycles. The van der Waals surface area contributed by atoms with Gasteiger partial charge >= 0.3 is 0 Å². The first-order valence-electron chi connectivity index (χ1n) is 6.88. The second-order valence-electron chi connectivity index (χ2n) is 4.82. The van der Waals surface area contributed by atoms with Crippen LogP contribution in [0.4, 0.5) is 10.1 Å². The number of hydrogen-bond donors (Lipinski definition) is 1. The molecule has 0 fully saturated rings. The molecule has 0 amide bonds. The van der Waals surface area contributed by atoms with Gasteiger partial charge in [0.1, 0.15) is 5.82 Å². The summed E-state index contributed by atoms with van der Waals surface area (Å²) in [6, 6.07) is 6.76. The highest BCUT2D eigenvalue weighted by Gasteiger charge is 2.09. The Bertz CT molecular complexity index is 324. The van der Waals surface area contributed by atoms with E-state index in [1.54, 1.807) is 0 Å². The van der Waals surface area contributed by atoms with Crippen LogP contribution in [0.15, 0.2) is 24.3 Å². The fourth-order valence-electron chi connectivity index (χ4n) is 2.04. The predicted molar refractivity (Wildman–Crippen MR) is 76.6 cm³/mol. The van der Waals surface area contributed by atoms with Gasteiger partial charge in [0.05, 0.1) is 0 Å². The smallest absolute Gasteiger partial charge is 0.123 e. The first-order valence-corrected chi connectivity index (χ1v) is 6.88. The summed E-state index contributed by atoms with van der Waals surface area (Å²) in [6.07, 6.45) is 1.17. The number of rotatable bonds is 8. The number of halogens is 1. The molecule has 3 heteroatoms. The van der Waals surface area contributed by atoms with Gasteiger partial charge in [0, 0.05) is 18.8 Å². The summed E-state index contributed by atoms with van der Waals surface area (Å²) in [4.78, 5) is 2.29. The van der Waals surface area contributed by atoms with Crippen molar-refractivity contribution in [1.29, 1.82) is 0 Å². The van der Waals surface area contributed by atoms with Crippen LogP contribution in [0.2, 0.25) is 0 Å². The molecule has 0 bridgehead atoms. The molecule has 1 unspecified atom stereocenters. The van der Waals surface area contributed by atoms with Gasteiger partial charge in [0.2, 0.25) is 0 Å². The molecule has 0 heterocycles. The van der Waals surface area contributed by atoms with Crippen LogP contribution in [-0.2, 0) is 0 Å². The third-order valence-electron chi connectivity index (χ3n) is 3.03. The molecule has 1 N–H and O–H groups in total. The van der Waals surface area contributed by atoms with Crippen molar-refractivity contribution in [3.63, 3.8) is 0 Å². The van der Waals surface area contributed by atoms with E-state index in [2.05, 4.69) is 31.0 Å². The Labute approximate surface area is 110 Å². The Hall–Kier alpha value is -1.09. The van der Waals surface area contributed by atoms with E-state index in [-0.39, 0.29) is 5.82 Å². The molecule has 1 rings (SSSR count). The zero-order valence-electron chi connectivity index (χ0n) is 11.7. The van der Waals surface area contributed by atoms with E-state index in [0.29, 0.717) is 5.92 Å². The molecule has 0 aliphatic heterocycles. The largest absolute Gasteiger partial charge is 0.371 e. The quantitative estimate of drug-likeness (QED) is 0.714. The van der Waals surface area contributed by atoms with Crippen LogP contribution < -0.4 is 10.2 Å². The molecule has 0 aliphatic rings. The highest BCUT2D eigenvalue weighted by Crippen LogP contribution is 2.16. The maximum absolute atomic E-state index is 12.9. The lowest BCUT2D eigenvalue weighted by atomic mass is 10.1. The van der Waals surface area contributed by atoms with E-state index in [9.17, 15) is 4.39 Å². The zero-order valence-corrected chi connectivity index (χ0v) is 11.7. The summed E-state index contributed by atoms with van der Waals surface area (Å²) in [6.45, 7) is 10.6. The van der Waals surface area contributed by atoms with E-state index < -0.39 is 0 Å². The molecule has 18 heavy (non-hydrogen) atoms. The van der Waals surface area contributed by atoms with Crippen molar-refractivity contribution in [3.05, 3.63) is 30.1 Å². The van der Waals surface area contributed by atoms with Crippen molar-refractivity contribution in [3.8, 4) is 0 Å². The van der Waals surface area contributed by atoms with E-state index in [1.165, 1.54) is 18.6 Å². The Morgan fingerprint density at radius 3 is 2.44 bits per heavy atom. The summed E-state index contributed by atoms with van der Waals surface area (Å²) in [7, 11) is 0. The molecule has 0 saturated carbocycles. The minimum Gasteiger partial charge on any atom is -0.371 e. The second kappa shape index (κ2) is 8.09. The second-order valence-corrected chi connectivity index (χ2v) is 4.82. The SMILES string of the molecule is CCCNCC(C)CN(CC)c1ccc(F)cc1. The van der Waals surface area contributed by atoms with Gasteiger partial charge in [-0.25, -0.2) is 4.39 Å². The summed E-state index contributed by atoms with van der Waals surface area (Å²) >= 11 is 0. The maximum Gasteiger partial charge on any atom is 0.123 e. The molecule has 1 aromatic rings. The Kier molecular flexibility index (Phi) is 6.73. The summed E-state index contributed by atoms with van der Waals surface area (Å²) in [5.74, 6) is 0.411. The van der Waals surface area contributed by atoms with E-state index >= 15 is 0 Å². The molecule has 2 nitrogen and oxygen atoms in total. The predicted octanol–water partition coefficient (Wildman–Crippen LogP) is 3.29. The number of hydrogen-bond acceptors (Lipinski definition) is 2. The van der Waals surface area contributed by atoms with Crippen LogP contribution in [-0.4, -0.2) is 26.2 Å². The number of benzene rings is 1. The van der Waals surface area contributed by atoms with Crippen LogP contribution in [0.25, 0.3) is 0 Å². The third kappa shape index (κ3) is 5.05. The standard InChI is InChI=1S/C15H25FN2/c1-4-10-17-11-13(3)12-18(5-2)15-8-6-14(16)7-9-15/h6-9,13,17H,4-5,10-12H2,1-3H3. The topological polar surface area (TPSA) is 15.3 Å². The number of nitrogens with one attached hydrogen (secondary N) is 1. The van der Waals surface area contributed by atoms with Crippen LogP contribution in [0, 0.1) is 11.7 Å². The van der Waals surface area contributed by atoms with Gasteiger partial charge < -0.3 is 10.2 Å². The first kappa shape index (κ1) is 15.0. The van der Waals surface area contributed by atoms with Crippen LogP contribution >= 0.6 is 0 Å². The number of anilines is 1. The molecule has 0 spiro atoms. The van der Waals surface area contributed by atoms with Crippen LogP contribution in [0.3, 0.4) is 0 Å². The molecular weight excluding hydrogens is 227 g/mol. The lowest BCUT2D eigenvalue weighted by Gasteiger charge is -2.26. The Morgan fingerprint density at radius 1 is 1.22 bits per heavy atom. The van der Waals surface area contributed by atoms with Gasteiger partial charge in [0.25, 0.3) is 0 Å². The van der Waals surface area contributed by atoms with Gasteiger partial charge in [-0.15, -0.1) is 0 Å². The summed E-state index contributed by atoms with van der Waals surface area (Å²) in [5.41, 5.74) is 1.10. The van der Waals surface area contributed by atoms with Crippen molar-refractivity contribution in [2.24, 2.45) is 5.92 Å². The van der Waals surface area contributed by atoms with E-state index in [4.69, 9.17) is 0 Å². The van der Waals surface area contributed by atoms with E-state index in [0.717, 1.165) is 31.9 Å². The van der Waals surface area contributed by atoms with Gasteiger partial charge in [-0.05, 0) is 56.6 Å². The van der Waals surface area contributed by atoms with Crippen molar-refractivity contribution < 1.29 is 4.39 Å². The fourth-order valence-corrected chi connectivity index (χ4v) is 2.04. The highest BCUT2D eigenvalue weighted by atomic mass is 19.1. The summed E-state index contributed by atoms with van der Waals surface area (Å²) < 4.78 is 12.9. The maximum atomic E-state index is 12.9. The average Bonchev–Trinajstić information content (AvgIpc) is 2.37. The minimum atomic E-state index is -0.174. The molecule has 0 radical (unpaired) electrons. The molecule has 1 atom stereocenters. The molecule has 0 saturated heterocycles. The third-order valence-corrected chi connectivity index (χ3v) is 3.03. The average molecular weight is 252 g/mol. The molecule has 0 aliphatic carbocycles. The lowest BCUT2D eigenvalue weighted by Crippen LogP contribution is -2.33. The van der Waals surface area contributed by atoms with Gasteiger partial charge in [-0.3, -0.25) is 0 Å². The normalized spacial score (nSPS) is 12.4. The van der Waals surface area contributed by atoms with Crippen molar-refractivity contribution in [2.45, 2.75) is 27.2 Å². The van der Waals surface area contributed by atoms with Gasteiger partial charge in [-0.1, -0.05) is 13.8 Å². The highest BCUT2D eigenvalue weighted by molar-refractivity contribution is 5.46. The lowest BCUT2D eigenvalue weighted by molar-refractivity contribution is 0.505. The molecule has 102 valence electrons. The van der Waals surface area contributed by atoms with Crippen molar-refractivity contribution >= 4 is 5.69 Å². The molecular formula is C15H25FN2. The van der Waals surface area contributed by atoms with Crippen molar-refractivity contribution in [1.82, 2.24) is 5.32 Å². The zero-order chi connectivity index (χ0) is 13.4. The van der Waals surface area contributed by atoms with Crippen LogP contribution in [0.5, 0.6) is 0 Å². The summed E-state index contributed by atoms with van der Waals surface area (Å²) in [5, 5.41) is 3.44. The minimum absolute atomic E-state index is 0.174.